The van der Waals surface area contributed by atoms with Crippen LogP contribution in [-0.4, -0.2) is 35.5 Å². The Labute approximate surface area is 179 Å². The molecule has 2 fully saturated rings. The van der Waals surface area contributed by atoms with Crippen molar-refractivity contribution in [3.63, 3.8) is 0 Å². The van der Waals surface area contributed by atoms with E-state index in [1.165, 1.54) is 31.2 Å². The Bertz CT molecular complexity index is 805. The number of aromatic nitrogens is 1. The van der Waals surface area contributed by atoms with Crippen molar-refractivity contribution in [1.82, 2.24) is 15.2 Å². The first-order chi connectivity index (χ1) is 14.7. The molecule has 5 nitrogen and oxygen atoms in total. The van der Waals surface area contributed by atoms with Crippen LogP contribution in [0.5, 0.6) is 5.75 Å². The van der Waals surface area contributed by atoms with Gasteiger partial charge in [0.05, 0.1) is 18.8 Å². The number of hydrogen-bond donors (Lipinski definition) is 1. The standard InChI is InChI=1S/C25H33N3O2/c1-30-22-13-11-19(12-14-22)18-28-16-5-3-9-21(28)17-24(23-10-2-4-15-26-23)27-25(29)20-7-6-8-20/h2,4,10-15,20-21,24H,3,5-9,16-18H2,1H3,(H,27,29). The maximum atomic E-state index is 12.7. The zero-order chi connectivity index (χ0) is 20.8. The fraction of sp³-hybridized carbons (Fsp3) is 0.520. The lowest BCUT2D eigenvalue weighted by Crippen LogP contribution is -2.44. The number of carbonyl (C=O) groups excluding carboxylic acids is 1. The Balaban J connectivity index is 1.46. The molecule has 1 aromatic heterocycles. The summed E-state index contributed by atoms with van der Waals surface area (Å²) in [5.41, 5.74) is 2.27. The highest BCUT2D eigenvalue weighted by molar-refractivity contribution is 5.79. The highest BCUT2D eigenvalue weighted by atomic mass is 16.5. The maximum absolute atomic E-state index is 12.7. The molecule has 2 heterocycles. The minimum absolute atomic E-state index is 0.0271. The summed E-state index contributed by atoms with van der Waals surface area (Å²) in [6.07, 6.45) is 9.59. The quantitative estimate of drug-likeness (QED) is 0.700. The normalized spacial score (nSPS) is 20.9. The number of benzene rings is 1. The van der Waals surface area contributed by atoms with Crippen LogP contribution in [0.4, 0.5) is 0 Å². The molecule has 5 heteroatoms. The van der Waals surface area contributed by atoms with Crippen LogP contribution in [-0.2, 0) is 11.3 Å². The van der Waals surface area contributed by atoms with Gasteiger partial charge in [0, 0.05) is 24.7 Å². The number of hydrogen-bond acceptors (Lipinski definition) is 4. The van der Waals surface area contributed by atoms with Crippen LogP contribution in [0.2, 0.25) is 0 Å². The molecule has 30 heavy (non-hydrogen) atoms. The lowest BCUT2D eigenvalue weighted by Gasteiger charge is -2.38. The Morgan fingerprint density at radius 2 is 1.97 bits per heavy atom. The molecule has 160 valence electrons. The van der Waals surface area contributed by atoms with E-state index in [9.17, 15) is 4.79 Å². The molecule has 2 aliphatic rings. The van der Waals surface area contributed by atoms with Gasteiger partial charge in [0.2, 0.25) is 5.91 Å². The van der Waals surface area contributed by atoms with E-state index in [-0.39, 0.29) is 17.9 Å². The van der Waals surface area contributed by atoms with Crippen LogP contribution < -0.4 is 10.1 Å². The second-order valence-corrected chi connectivity index (χ2v) is 8.65. The summed E-state index contributed by atoms with van der Waals surface area (Å²) >= 11 is 0. The summed E-state index contributed by atoms with van der Waals surface area (Å²) in [7, 11) is 1.70. The van der Waals surface area contributed by atoms with E-state index in [1.54, 1.807) is 7.11 Å². The Hall–Kier alpha value is -2.40. The summed E-state index contributed by atoms with van der Waals surface area (Å²) < 4.78 is 5.29. The molecule has 1 aliphatic heterocycles. The molecule has 1 aromatic carbocycles. The van der Waals surface area contributed by atoms with Gasteiger partial charge in [-0.1, -0.05) is 31.0 Å². The smallest absolute Gasteiger partial charge is 0.223 e. The van der Waals surface area contributed by atoms with Gasteiger partial charge in [-0.2, -0.15) is 0 Å². The van der Waals surface area contributed by atoms with Crippen molar-refractivity contribution in [3.05, 3.63) is 59.9 Å². The van der Waals surface area contributed by atoms with Gasteiger partial charge in [-0.3, -0.25) is 14.7 Å². The number of nitrogens with zero attached hydrogens (tertiary/aromatic N) is 2. The number of amides is 1. The Kier molecular flexibility index (Phi) is 7.00. The SMILES string of the molecule is COc1ccc(CN2CCCCC2CC(NC(=O)C2CCC2)c2ccccn2)cc1. The van der Waals surface area contributed by atoms with Crippen molar-refractivity contribution in [1.29, 1.82) is 0 Å². The van der Waals surface area contributed by atoms with Gasteiger partial charge in [0.15, 0.2) is 0 Å². The number of pyridine rings is 1. The van der Waals surface area contributed by atoms with Crippen molar-refractivity contribution in [3.8, 4) is 5.75 Å². The topological polar surface area (TPSA) is 54.5 Å². The minimum atomic E-state index is -0.0271. The number of nitrogens with one attached hydrogen (secondary N) is 1. The Morgan fingerprint density at radius 3 is 2.63 bits per heavy atom. The lowest BCUT2D eigenvalue weighted by molar-refractivity contribution is -0.128. The first-order valence-corrected chi connectivity index (χ1v) is 11.3. The molecule has 4 rings (SSSR count). The summed E-state index contributed by atoms with van der Waals surface area (Å²) in [6.45, 7) is 2.03. The molecule has 2 atom stereocenters. The van der Waals surface area contributed by atoms with E-state index in [4.69, 9.17) is 4.74 Å². The van der Waals surface area contributed by atoms with Gasteiger partial charge >= 0.3 is 0 Å². The van der Waals surface area contributed by atoms with Gasteiger partial charge < -0.3 is 10.1 Å². The van der Waals surface area contributed by atoms with Crippen LogP contribution in [0.3, 0.4) is 0 Å². The number of ether oxygens (including phenoxy) is 1. The monoisotopic (exact) mass is 407 g/mol. The third kappa shape index (κ3) is 5.20. The molecule has 0 bridgehead atoms. The molecule has 2 aromatic rings. The number of methoxy groups -OCH3 is 1. The molecular formula is C25H33N3O2. The first-order valence-electron chi connectivity index (χ1n) is 11.3. The van der Waals surface area contributed by atoms with Crippen LogP contribution in [0.1, 0.15) is 62.2 Å². The largest absolute Gasteiger partial charge is 0.497 e. The molecular weight excluding hydrogens is 374 g/mol. The van der Waals surface area contributed by atoms with E-state index in [1.807, 2.05) is 36.5 Å². The molecule has 0 spiro atoms. The van der Waals surface area contributed by atoms with Crippen LogP contribution in [0.15, 0.2) is 48.7 Å². The van der Waals surface area contributed by atoms with Gasteiger partial charge in [0.1, 0.15) is 5.75 Å². The van der Waals surface area contributed by atoms with Crippen LogP contribution >= 0.6 is 0 Å². The number of piperidine rings is 1. The lowest BCUT2D eigenvalue weighted by atomic mass is 9.84. The van der Waals surface area contributed by atoms with Crippen LogP contribution in [0.25, 0.3) is 0 Å². The van der Waals surface area contributed by atoms with Crippen molar-refractivity contribution >= 4 is 5.91 Å². The summed E-state index contributed by atoms with van der Waals surface area (Å²) in [5, 5.41) is 3.34. The average Bonchev–Trinajstić information content (AvgIpc) is 2.74. The van der Waals surface area contributed by atoms with Crippen molar-refractivity contribution in [2.75, 3.05) is 13.7 Å². The highest BCUT2D eigenvalue weighted by Gasteiger charge is 2.31. The van der Waals surface area contributed by atoms with Gasteiger partial charge in [0.25, 0.3) is 0 Å². The first kappa shape index (κ1) is 20.9. The molecule has 1 saturated heterocycles. The summed E-state index contributed by atoms with van der Waals surface area (Å²) in [5.74, 6) is 1.29. The van der Waals surface area contributed by atoms with Gasteiger partial charge in [-0.25, -0.2) is 0 Å². The molecule has 0 radical (unpaired) electrons. The highest BCUT2D eigenvalue weighted by Crippen LogP contribution is 2.30. The predicted octanol–water partition coefficient (Wildman–Crippen LogP) is 4.49. The molecule has 1 N–H and O–H groups in total. The summed E-state index contributed by atoms with van der Waals surface area (Å²) in [4.78, 5) is 19.9. The second-order valence-electron chi connectivity index (χ2n) is 8.65. The van der Waals surface area contributed by atoms with E-state index >= 15 is 0 Å². The molecule has 1 aliphatic carbocycles. The van der Waals surface area contributed by atoms with Gasteiger partial charge in [-0.05, 0) is 68.5 Å². The molecule has 2 unspecified atom stereocenters. The van der Waals surface area contributed by atoms with E-state index in [0.29, 0.717) is 6.04 Å². The Morgan fingerprint density at radius 1 is 1.13 bits per heavy atom. The van der Waals surface area contributed by atoms with E-state index in [0.717, 1.165) is 43.8 Å². The second kappa shape index (κ2) is 10.1. The van der Waals surface area contributed by atoms with Gasteiger partial charge in [-0.15, -0.1) is 0 Å². The van der Waals surface area contributed by atoms with Crippen molar-refractivity contribution < 1.29 is 9.53 Å². The van der Waals surface area contributed by atoms with E-state index < -0.39 is 0 Å². The molecule has 1 amide bonds. The third-order valence-electron chi connectivity index (χ3n) is 6.64. The summed E-state index contributed by atoms with van der Waals surface area (Å²) in [6, 6.07) is 14.8. The van der Waals surface area contributed by atoms with Crippen molar-refractivity contribution in [2.45, 2.75) is 63.6 Å². The molecule has 1 saturated carbocycles. The fourth-order valence-electron chi connectivity index (χ4n) is 4.57. The van der Waals surface area contributed by atoms with Crippen LogP contribution in [0, 0.1) is 5.92 Å². The minimum Gasteiger partial charge on any atom is -0.497 e. The third-order valence-corrected chi connectivity index (χ3v) is 6.64. The number of rotatable bonds is 8. The number of likely N-dealkylation sites (tertiary alicyclic amines) is 1. The predicted molar refractivity (Wildman–Crippen MR) is 118 cm³/mol. The fourth-order valence-corrected chi connectivity index (χ4v) is 4.57. The zero-order valence-electron chi connectivity index (χ0n) is 17.9. The van der Waals surface area contributed by atoms with E-state index in [2.05, 4.69) is 27.3 Å². The van der Waals surface area contributed by atoms with Crippen molar-refractivity contribution in [2.24, 2.45) is 5.92 Å². The average molecular weight is 408 g/mol. The maximum Gasteiger partial charge on any atom is 0.223 e. The number of carbonyl (C=O) groups is 1. The zero-order valence-corrected chi connectivity index (χ0v) is 17.9.